The Morgan fingerprint density at radius 1 is 0.921 bits per heavy atom. The zero-order valence-electron chi connectivity index (χ0n) is 21.5. The van der Waals surface area contributed by atoms with Crippen molar-refractivity contribution in [1.82, 2.24) is 4.90 Å². The van der Waals surface area contributed by atoms with Crippen LogP contribution in [0.15, 0.2) is 83.8 Å². The van der Waals surface area contributed by atoms with E-state index in [1.54, 1.807) is 11.0 Å². The highest BCUT2D eigenvalue weighted by atomic mass is 32.2. The number of hydrogen-bond acceptors (Lipinski definition) is 5. The van der Waals surface area contributed by atoms with Gasteiger partial charge in [-0.1, -0.05) is 54.6 Å². The van der Waals surface area contributed by atoms with Gasteiger partial charge in [-0.3, -0.25) is 9.10 Å². The summed E-state index contributed by atoms with van der Waals surface area (Å²) in [5.41, 5.74) is 3.03. The molecule has 0 aliphatic carbocycles. The van der Waals surface area contributed by atoms with Crippen molar-refractivity contribution in [2.75, 3.05) is 24.0 Å². The van der Waals surface area contributed by atoms with Crippen LogP contribution >= 0.6 is 0 Å². The molecule has 0 N–H and O–H groups in total. The van der Waals surface area contributed by atoms with Crippen LogP contribution in [0, 0.1) is 5.92 Å². The second-order valence-corrected chi connectivity index (χ2v) is 11.9. The van der Waals surface area contributed by atoms with E-state index in [0.717, 1.165) is 24.8 Å². The Hall–Kier alpha value is -3.65. The summed E-state index contributed by atoms with van der Waals surface area (Å²) in [5.74, 6) is -0.425. The predicted molar refractivity (Wildman–Crippen MR) is 145 cm³/mol. The molecule has 1 unspecified atom stereocenters. The number of hydrogen-bond donors (Lipinski definition) is 0. The fourth-order valence-electron chi connectivity index (χ4n) is 5.44. The van der Waals surface area contributed by atoms with Crippen molar-refractivity contribution >= 4 is 27.6 Å². The first kappa shape index (κ1) is 26.0. The molecule has 0 radical (unpaired) electrons. The predicted octanol–water partition coefficient (Wildman–Crippen LogP) is 4.46. The maximum Gasteiger partial charge on any atom is 0.338 e. The van der Waals surface area contributed by atoms with E-state index in [1.807, 2.05) is 43.3 Å². The summed E-state index contributed by atoms with van der Waals surface area (Å²) >= 11 is 0. The number of amides is 1. The number of para-hydroxylation sites is 1. The van der Waals surface area contributed by atoms with E-state index in [0.29, 0.717) is 31.1 Å². The number of rotatable bonds is 7. The molecule has 1 saturated heterocycles. The van der Waals surface area contributed by atoms with Crippen molar-refractivity contribution in [1.29, 1.82) is 0 Å². The standard InChI is InChI=1S/C30H32N2O5S/c1-22-18-25-10-5-6-13-28(25)32(22)38(35,36)27-12-7-11-26(20-27)30(34)37-21-29(33)31-16-14-24(15-17-31)19-23-8-3-2-4-9-23/h2-13,20,22,24H,14-19,21H2,1H3. The molecule has 8 heteroatoms. The summed E-state index contributed by atoms with van der Waals surface area (Å²) in [7, 11) is -3.88. The van der Waals surface area contributed by atoms with Crippen molar-refractivity contribution in [2.45, 2.75) is 43.5 Å². The van der Waals surface area contributed by atoms with E-state index < -0.39 is 16.0 Å². The van der Waals surface area contributed by atoms with Crippen molar-refractivity contribution in [3.05, 3.63) is 95.6 Å². The number of anilines is 1. The molecule has 7 nitrogen and oxygen atoms in total. The third kappa shape index (κ3) is 5.45. The number of fused-ring (bicyclic) bond motifs is 1. The van der Waals surface area contributed by atoms with Gasteiger partial charge in [0.05, 0.1) is 16.1 Å². The van der Waals surface area contributed by atoms with Gasteiger partial charge >= 0.3 is 5.97 Å². The van der Waals surface area contributed by atoms with Gasteiger partial charge in [0.15, 0.2) is 6.61 Å². The van der Waals surface area contributed by atoms with Crippen LogP contribution in [0.3, 0.4) is 0 Å². The number of likely N-dealkylation sites (tertiary alicyclic amines) is 1. The molecule has 0 aromatic heterocycles. The molecule has 1 amide bonds. The number of carbonyl (C=O) groups excluding carboxylic acids is 2. The molecule has 2 aliphatic rings. The number of nitrogens with zero attached hydrogens (tertiary/aromatic N) is 2. The molecule has 5 rings (SSSR count). The van der Waals surface area contributed by atoms with Crippen LogP contribution in [0.4, 0.5) is 5.69 Å². The Labute approximate surface area is 224 Å². The molecule has 0 bridgehead atoms. The van der Waals surface area contributed by atoms with E-state index in [2.05, 4.69) is 12.1 Å². The number of benzene rings is 3. The van der Waals surface area contributed by atoms with Gasteiger partial charge in [-0.05, 0) is 73.9 Å². The van der Waals surface area contributed by atoms with Gasteiger partial charge in [0.2, 0.25) is 0 Å². The highest BCUT2D eigenvalue weighted by Gasteiger charge is 2.36. The minimum absolute atomic E-state index is 0.0160. The van der Waals surface area contributed by atoms with E-state index in [4.69, 9.17) is 4.74 Å². The van der Waals surface area contributed by atoms with E-state index in [-0.39, 0.29) is 29.0 Å². The summed E-state index contributed by atoms with van der Waals surface area (Å²) in [5, 5.41) is 0. The topological polar surface area (TPSA) is 84.0 Å². The minimum atomic E-state index is -3.88. The lowest BCUT2D eigenvalue weighted by Gasteiger charge is -2.32. The smallest absolute Gasteiger partial charge is 0.338 e. The van der Waals surface area contributed by atoms with Crippen molar-refractivity contribution in [3.63, 3.8) is 0 Å². The first-order chi connectivity index (χ1) is 18.3. The van der Waals surface area contributed by atoms with E-state index in [1.165, 1.54) is 34.1 Å². The quantitative estimate of drug-likeness (QED) is 0.420. The zero-order chi connectivity index (χ0) is 26.7. The first-order valence-electron chi connectivity index (χ1n) is 13.0. The average Bonchev–Trinajstić information content (AvgIpc) is 3.29. The zero-order valence-corrected chi connectivity index (χ0v) is 22.3. The maximum atomic E-state index is 13.5. The SMILES string of the molecule is CC1Cc2ccccc2N1S(=O)(=O)c1cccc(C(=O)OCC(=O)N2CCC(Cc3ccccc3)CC2)c1. The minimum Gasteiger partial charge on any atom is -0.452 e. The largest absolute Gasteiger partial charge is 0.452 e. The van der Waals surface area contributed by atoms with Gasteiger partial charge in [0.1, 0.15) is 0 Å². The van der Waals surface area contributed by atoms with Gasteiger partial charge < -0.3 is 9.64 Å². The summed E-state index contributed by atoms with van der Waals surface area (Å²) < 4.78 is 33.7. The molecule has 0 saturated carbocycles. The second kappa shape index (κ2) is 11.0. The van der Waals surface area contributed by atoms with Crippen LogP contribution in [-0.4, -0.2) is 50.9 Å². The molecule has 0 spiro atoms. The Bertz CT molecular complexity index is 1420. The molecule has 2 heterocycles. The van der Waals surface area contributed by atoms with Crippen LogP contribution in [0.5, 0.6) is 0 Å². The van der Waals surface area contributed by atoms with Gasteiger partial charge in [0.25, 0.3) is 15.9 Å². The fourth-order valence-corrected chi connectivity index (χ4v) is 7.18. The Kier molecular flexibility index (Phi) is 7.51. The highest BCUT2D eigenvalue weighted by molar-refractivity contribution is 7.92. The summed E-state index contributed by atoms with van der Waals surface area (Å²) in [6, 6.07) is 23.4. The van der Waals surface area contributed by atoms with E-state index in [9.17, 15) is 18.0 Å². The van der Waals surface area contributed by atoms with Crippen molar-refractivity contribution < 1.29 is 22.7 Å². The Balaban J connectivity index is 1.18. The molecule has 198 valence electrons. The maximum absolute atomic E-state index is 13.5. The number of ether oxygens (including phenoxy) is 1. The number of esters is 1. The first-order valence-corrected chi connectivity index (χ1v) is 14.5. The molecule has 2 aliphatic heterocycles. The van der Waals surface area contributed by atoms with Crippen molar-refractivity contribution in [2.24, 2.45) is 5.92 Å². The summed E-state index contributed by atoms with van der Waals surface area (Å²) in [6.45, 7) is 2.77. The van der Waals surface area contributed by atoms with Crippen LogP contribution in [0.1, 0.15) is 41.3 Å². The normalized spacial score (nSPS) is 17.8. The van der Waals surface area contributed by atoms with Gasteiger partial charge in [0, 0.05) is 19.1 Å². The Morgan fingerprint density at radius 2 is 1.63 bits per heavy atom. The third-order valence-electron chi connectivity index (χ3n) is 7.43. The Morgan fingerprint density at radius 3 is 2.39 bits per heavy atom. The van der Waals surface area contributed by atoms with E-state index >= 15 is 0 Å². The van der Waals surface area contributed by atoms with Gasteiger partial charge in [-0.15, -0.1) is 0 Å². The molecule has 1 fully saturated rings. The summed E-state index contributed by atoms with van der Waals surface area (Å²) in [4.78, 5) is 27.2. The third-order valence-corrected chi connectivity index (χ3v) is 9.36. The van der Waals surface area contributed by atoms with Crippen LogP contribution in [0.25, 0.3) is 0 Å². The average molecular weight is 533 g/mol. The number of carbonyl (C=O) groups is 2. The molecule has 3 aromatic carbocycles. The molecule has 1 atom stereocenters. The fraction of sp³-hybridized carbons (Fsp3) is 0.333. The lowest BCUT2D eigenvalue weighted by atomic mass is 9.90. The second-order valence-electron chi connectivity index (χ2n) is 10.1. The van der Waals surface area contributed by atoms with Gasteiger partial charge in [-0.25, -0.2) is 13.2 Å². The molecule has 38 heavy (non-hydrogen) atoms. The van der Waals surface area contributed by atoms with Crippen LogP contribution in [0.2, 0.25) is 0 Å². The van der Waals surface area contributed by atoms with Gasteiger partial charge in [-0.2, -0.15) is 0 Å². The molecular weight excluding hydrogens is 500 g/mol. The summed E-state index contributed by atoms with van der Waals surface area (Å²) in [6.07, 6.45) is 3.45. The molecular formula is C30H32N2O5S. The number of piperidine rings is 1. The van der Waals surface area contributed by atoms with Crippen LogP contribution < -0.4 is 4.31 Å². The number of sulfonamides is 1. The van der Waals surface area contributed by atoms with Crippen molar-refractivity contribution in [3.8, 4) is 0 Å². The lowest BCUT2D eigenvalue weighted by Crippen LogP contribution is -2.41. The lowest BCUT2D eigenvalue weighted by molar-refractivity contribution is -0.135. The monoisotopic (exact) mass is 532 g/mol. The highest BCUT2D eigenvalue weighted by Crippen LogP contribution is 2.36. The van der Waals surface area contributed by atoms with Crippen LogP contribution in [-0.2, 0) is 32.4 Å². The molecule has 3 aromatic rings.